The predicted octanol–water partition coefficient (Wildman–Crippen LogP) is 0.774. The Hall–Kier alpha value is -0.0800. The maximum Gasteiger partial charge on any atom is 0.0832 e. The Balaban J connectivity index is 1.90. The fourth-order valence-corrected chi connectivity index (χ4v) is 4.01. The van der Waals surface area contributed by atoms with Crippen molar-refractivity contribution in [2.24, 2.45) is 23.7 Å². The fourth-order valence-electron chi connectivity index (χ4n) is 4.01. The first-order chi connectivity index (χ1) is 5.77. The summed E-state index contributed by atoms with van der Waals surface area (Å²) in [6.07, 6.45) is 4.04. The summed E-state index contributed by atoms with van der Waals surface area (Å²) in [5.41, 5.74) is 0. The van der Waals surface area contributed by atoms with Gasteiger partial charge in [0.2, 0.25) is 0 Å². The molecule has 0 spiro atoms. The molecular formula is C10H16O2. The van der Waals surface area contributed by atoms with Crippen LogP contribution < -0.4 is 0 Å². The third-order valence-corrected chi connectivity index (χ3v) is 4.46. The molecule has 2 nitrogen and oxygen atoms in total. The van der Waals surface area contributed by atoms with E-state index in [4.69, 9.17) is 0 Å². The van der Waals surface area contributed by atoms with Gasteiger partial charge in [0.05, 0.1) is 12.2 Å². The molecule has 3 fully saturated rings. The monoisotopic (exact) mass is 168 g/mol. The molecule has 0 unspecified atom stereocenters. The second kappa shape index (κ2) is 2.24. The molecular weight excluding hydrogens is 152 g/mol. The van der Waals surface area contributed by atoms with E-state index in [-0.39, 0.29) is 0 Å². The molecule has 0 aromatic rings. The Morgan fingerprint density at radius 2 is 1.67 bits per heavy atom. The second-order valence-corrected chi connectivity index (χ2v) is 4.87. The van der Waals surface area contributed by atoms with Crippen LogP contribution in [0, 0.1) is 23.7 Å². The van der Waals surface area contributed by atoms with Crippen LogP contribution in [0.1, 0.15) is 25.7 Å². The number of aliphatic hydroxyl groups is 2. The van der Waals surface area contributed by atoms with Crippen molar-refractivity contribution in [1.82, 2.24) is 0 Å². The van der Waals surface area contributed by atoms with Crippen LogP contribution in [0.15, 0.2) is 0 Å². The summed E-state index contributed by atoms with van der Waals surface area (Å²) in [7, 11) is 0. The van der Waals surface area contributed by atoms with Crippen molar-refractivity contribution in [3.8, 4) is 0 Å². The van der Waals surface area contributed by atoms with Gasteiger partial charge in [-0.25, -0.2) is 0 Å². The molecule has 3 aliphatic carbocycles. The highest BCUT2D eigenvalue weighted by Gasteiger charge is 2.55. The Kier molecular flexibility index (Phi) is 1.37. The summed E-state index contributed by atoms with van der Waals surface area (Å²) in [5, 5.41) is 19.3. The van der Waals surface area contributed by atoms with Gasteiger partial charge in [-0.2, -0.15) is 0 Å². The molecule has 6 atom stereocenters. The first kappa shape index (κ1) is 7.34. The van der Waals surface area contributed by atoms with Crippen LogP contribution in [0.25, 0.3) is 0 Å². The number of fused-ring (bicyclic) bond motifs is 5. The molecule has 0 heterocycles. The maximum atomic E-state index is 9.74. The van der Waals surface area contributed by atoms with E-state index in [9.17, 15) is 10.2 Å². The molecule has 0 aromatic carbocycles. The zero-order valence-corrected chi connectivity index (χ0v) is 7.19. The summed E-state index contributed by atoms with van der Waals surface area (Å²) in [5.74, 6) is 2.70. The molecule has 2 heteroatoms. The molecule has 3 saturated carbocycles. The van der Waals surface area contributed by atoms with Crippen LogP contribution in [0.3, 0.4) is 0 Å². The van der Waals surface area contributed by atoms with Crippen LogP contribution in [0.5, 0.6) is 0 Å². The number of hydrogen-bond donors (Lipinski definition) is 2. The Morgan fingerprint density at radius 3 is 2.42 bits per heavy atom. The number of rotatable bonds is 0. The van der Waals surface area contributed by atoms with Crippen molar-refractivity contribution in [2.75, 3.05) is 0 Å². The molecule has 0 aliphatic heterocycles. The summed E-state index contributed by atoms with van der Waals surface area (Å²) in [6, 6.07) is 0. The fraction of sp³-hybridized carbons (Fsp3) is 1.00. The molecule has 68 valence electrons. The average molecular weight is 168 g/mol. The van der Waals surface area contributed by atoms with Crippen LogP contribution in [-0.2, 0) is 0 Å². The van der Waals surface area contributed by atoms with E-state index >= 15 is 0 Å². The maximum absolute atomic E-state index is 9.74. The first-order valence-electron chi connectivity index (χ1n) is 5.13. The summed E-state index contributed by atoms with van der Waals surface area (Å²) >= 11 is 0. The minimum absolute atomic E-state index is 0.398. The lowest BCUT2D eigenvalue weighted by molar-refractivity contribution is 0.00654. The van der Waals surface area contributed by atoms with E-state index in [2.05, 4.69) is 0 Å². The first-order valence-corrected chi connectivity index (χ1v) is 5.13. The summed E-state index contributed by atoms with van der Waals surface area (Å²) in [6.45, 7) is 0. The lowest BCUT2D eigenvalue weighted by Gasteiger charge is -2.25. The van der Waals surface area contributed by atoms with E-state index in [1.165, 1.54) is 19.3 Å². The molecule has 0 amide bonds. The van der Waals surface area contributed by atoms with Gasteiger partial charge < -0.3 is 10.2 Å². The molecule has 12 heavy (non-hydrogen) atoms. The highest BCUT2D eigenvalue weighted by molar-refractivity contribution is 5.05. The quantitative estimate of drug-likeness (QED) is 0.561. The molecule has 2 bridgehead atoms. The van der Waals surface area contributed by atoms with E-state index in [0.29, 0.717) is 11.8 Å². The molecule has 0 aromatic heterocycles. The van der Waals surface area contributed by atoms with Crippen molar-refractivity contribution in [2.45, 2.75) is 37.9 Å². The Labute approximate surface area is 72.6 Å². The largest absolute Gasteiger partial charge is 0.390 e. The Bertz CT molecular complexity index is 202. The minimum atomic E-state index is -0.414. The number of aliphatic hydroxyl groups excluding tert-OH is 2. The van der Waals surface area contributed by atoms with Gasteiger partial charge in [0.1, 0.15) is 0 Å². The Morgan fingerprint density at radius 1 is 0.917 bits per heavy atom. The minimum Gasteiger partial charge on any atom is -0.390 e. The van der Waals surface area contributed by atoms with Crippen LogP contribution in [0.2, 0.25) is 0 Å². The van der Waals surface area contributed by atoms with Crippen LogP contribution in [-0.4, -0.2) is 22.4 Å². The summed E-state index contributed by atoms with van der Waals surface area (Å²) in [4.78, 5) is 0. The molecule has 2 N–H and O–H groups in total. The zero-order chi connectivity index (χ0) is 8.29. The van der Waals surface area contributed by atoms with Gasteiger partial charge in [-0.1, -0.05) is 0 Å². The topological polar surface area (TPSA) is 40.5 Å². The van der Waals surface area contributed by atoms with Crippen molar-refractivity contribution in [3.05, 3.63) is 0 Å². The van der Waals surface area contributed by atoms with Crippen molar-refractivity contribution in [3.63, 3.8) is 0 Å². The molecule has 3 aliphatic rings. The SMILES string of the molecule is O[C@@H]1[C@@H]2[C@H]3CC[C@@H](C3)[C@H]2C[C@H]1O. The van der Waals surface area contributed by atoms with Gasteiger partial charge in [0, 0.05) is 0 Å². The predicted molar refractivity (Wildman–Crippen MR) is 44.4 cm³/mol. The van der Waals surface area contributed by atoms with Gasteiger partial charge in [-0.15, -0.1) is 0 Å². The van der Waals surface area contributed by atoms with Gasteiger partial charge in [-0.05, 0) is 49.4 Å². The van der Waals surface area contributed by atoms with E-state index < -0.39 is 12.2 Å². The lowest BCUT2D eigenvalue weighted by atomic mass is 9.81. The van der Waals surface area contributed by atoms with Crippen LogP contribution in [0.4, 0.5) is 0 Å². The second-order valence-electron chi connectivity index (χ2n) is 4.87. The van der Waals surface area contributed by atoms with Gasteiger partial charge in [-0.3, -0.25) is 0 Å². The van der Waals surface area contributed by atoms with Gasteiger partial charge >= 0.3 is 0 Å². The van der Waals surface area contributed by atoms with Crippen molar-refractivity contribution in [1.29, 1.82) is 0 Å². The van der Waals surface area contributed by atoms with E-state index in [1.54, 1.807) is 0 Å². The van der Waals surface area contributed by atoms with Crippen LogP contribution >= 0.6 is 0 Å². The van der Waals surface area contributed by atoms with Crippen molar-refractivity contribution >= 4 is 0 Å². The van der Waals surface area contributed by atoms with E-state index in [1.807, 2.05) is 0 Å². The molecule has 3 rings (SSSR count). The summed E-state index contributed by atoms with van der Waals surface area (Å²) < 4.78 is 0. The van der Waals surface area contributed by atoms with Gasteiger partial charge in [0.15, 0.2) is 0 Å². The lowest BCUT2D eigenvalue weighted by Crippen LogP contribution is -2.29. The number of hydrogen-bond acceptors (Lipinski definition) is 2. The highest BCUT2D eigenvalue weighted by atomic mass is 16.3. The zero-order valence-electron chi connectivity index (χ0n) is 7.19. The average Bonchev–Trinajstić information content (AvgIpc) is 2.66. The van der Waals surface area contributed by atoms with Crippen molar-refractivity contribution < 1.29 is 10.2 Å². The third-order valence-electron chi connectivity index (χ3n) is 4.46. The van der Waals surface area contributed by atoms with E-state index in [0.717, 1.165) is 18.3 Å². The molecule has 0 radical (unpaired) electrons. The standard InChI is InChI=1S/C10H16O2/c11-8-4-7-5-1-2-6(3-5)9(7)10(8)12/h5-12H,1-4H2/t5-,6-,7+,8+,9+,10-/m0/s1. The highest BCUT2D eigenvalue weighted by Crippen LogP contribution is 2.58. The van der Waals surface area contributed by atoms with Gasteiger partial charge in [0.25, 0.3) is 0 Å². The smallest absolute Gasteiger partial charge is 0.0832 e. The normalized spacial score (nSPS) is 62.5. The third kappa shape index (κ3) is 0.728. The molecule has 0 saturated heterocycles.